The van der Waals surface area contributed by atoms with Crippen molar-refractivity contribution in [1.29, 1.82) is 0 Å². The second-order valence-corrected chi connectivity index (χ2v) is 4.91. The molecule has 1 aromatic heterocycles. The maximum atomic E-state index is 10.7. The zero-order valence-electron chi connectivity index (χ0n) is 10.3. The number of hydrogen-bond donors (Lipinski definition) is 1. The molecule has 0 atom stereocenters. The number of aliphatic hydroxyl groups is 1. The van der Waals surface area contributed by atoms with Gasteiger partial charge in [0.1, 0.15) is 0 Å². The number of imidazole rings is 1. The van der Waals surface area contributed by atoms with Gasteiger partial charge in [0, 0.05) is 24.9 Å². The van der Waals surface area contributed by atoms with Crippen LogP contribution in [0.2, 0.25) is 0 Å². The van der Waals surface area contributed by atoms with E-state index in [1.807, 2.05) is 17.7 Å². The van der Waals surface area contributed by atoms with Gasteiger partial charge in [-0.15, -0.1) is 0 Å². The van der Waals surface area contributed by atoms with E-state index in [0.717, 1.165) is 16.4 Å². The molecular weight excluding hydrogens is 266 g/mol. The predicted octanol–water partition coefficient (Wildman–Crippen LogP) is 2.11. The Morgan fingerprint density at radius 3 is 2.95 bits per heavy atom. The molecule has 7 heteroatoms. The quantitative estimate of drug-likeness (QED) is 0.515. The second kappa shape index (κ2) is 5.85. The van der Waals surface area contributed by atoms with Crippen LogP contribution in [0.5, 0.6) is 0 Å². The maximum Gasteiger partial charge on any atom is 0.269 e. The first kappa shape index (κ1) is 13.6. The molecule has 0 saturated heterocycles. The van der Waals surface area contributed by atoms with E-state index >= 15 is 0 Å². The fourth-order valence-corrected chi connectivity index (χ4v) is 2.53. The molecule has 19 heavy (non-hydrogen) atoms. The van der Waals surface area contributed by atoms with E-state index in [1.165, 1.54) is 17.8 Å². The summed E-state index contributed by atoms with van der Waals surface area (Å²) in [6.45, 7) is -0.0547. The molecule has 0 spiro atoms. The van der Waals surface area contributed by atoms with Crippen molar-refractivity contribution in [2.24, 2.45) is 7.05 Å². The highest BCUT2D eigenvalue weighted by Gasteiger charge is 2.09. The molecule has 0 fully saturated rings. The molecule has 1 N–H and O–H groups in total. The third-order valence-corrected chi connectivity index (χ3v) is 3.81. The lowest BCUT2D eigenvalue weighted by Crippen LogP contribution is -1.97. The van der Waals surface area contributed by atoms with Crippen molar-refractivity contribution in [3.05, 3.63) is 51.8 Å². The Hall–Kier alpha value is -1.86. The normalized spacial score (nSPS) is 10.6. The van der Waals surface area contributed by atoms with Crippen LogP contribution in [0, 0.1) is 10.1 Å². The van der Waals surface area contributed by atoms with Gasteiger partial charge in [-0.2, -0.15) is 0 Å². The maximum absolute atomic E-state index is 10.7. The number of aliphatic hydroxyl groups excluding tert-OH is 1. The Bertz CT molecular complexity index is 598. The number of nitro groups is 1. The van der Waals surface area contributed by atoms with Gasteiger partial charge in [0.25, 0.3) is 5.69 Å². The van der Waals surface area contributed by atoms with Crippen LogP contribution in [-0.2, 0) is 19.4 Å². The molecule has 1 heterocycles. The lowest BCUT2D eigenvalue weighted by atomic mass is 10.2. The minimum Gasteiger partial charge on any atom is -0.390 e. The van der Waals surface area contributed by atoms with Crippen molar-refractivity contribution in [3.8, 4) is 0 Å². The van der Waals surface area contributed by atoms with Crippen molar-refractivity contribution in [2.45, 2.75) is 17.5 Å². The van der Waals surface area contributed by atoms with Gasteiger partial charge >= 0.3 is 0 Å². The number of rotatable bonds is 5. The third-order valence-electron chi connectivity index (χ3n) is 2.69. The average molecular weight is 279 g/mol. The molecule has 1 aromatic carbocycles. The largest absolute Gasteiger partial charge is 0.390 e. The third kappa shape index (κ3) is 3.12. The number of aromatic nitrogens is 2. The zero-order chi connectivity index (χ0) is 13.8. The van der Waals surface area contributed by atoms with E-state index in [4.69, 9.17) is 5.11 Å². The van der Waals surface area contributed by atoms with Crippen molar-refractivity contribution in [2.75, 3.05) is 0 Å². The number of nitrogens with zero attached hydrogens (tertiary/aromatic N) is 3. The highest BCUT2D eigenvalue weighted by molar-refractivity contribution is 7.98. The lowest BCUT2D eigenvalue weighted by molar-refractivity contribution is -0.384. The predicted molar refractivity (Wildman–Crippen MR) is 71.8 cm³/mol. The molecule has 0 aliphatic carbocycles. The number of non-ortho nitro benzene ring substituents is 1. The molecular formula is C12H13N3O3S. The summed E-state index contributed by atoms with van der Waals surface area (Å²) < 4.78 is 1.81. The lowest BCUT2D eigenvalue weighted by Gasteiger charge is -2.04. The van der Waals surface area contributed by atoms with Crippen molar-refractivity contribution in [1.82, 2.24) is 9.55 Å². The van der Waals surface area contributed by atoms with Gasteiger partial charge in [0.2, 0.25) is 0 Å². The summed E-state index contributed by atoms with van der Waals surface area (Å²) in [4.78, 5) is 14.5. The minimum absolute atomic E-state index is 0.0547. The zero-order valence-corrected chi connectivity index (χ0v) is 11.1. The van der Waals surface area contributed by atoms with Crippen LogP contribution in [0.15, 0.2) is 35.6 Å². The van der Waals surface area contributed by atoms with Gasteiger partial charge < -0.3 is 9.67 Å². The Kier molecular flexibility index (Phi) is 4.18. The number of benzene rings is 1. The topological polar surface area (TPSA) is 81.2 Å². The van der Waals surface area contributed by atoms with Gasteiger partial charge in [-0.25, -0.2) is 4.98 Å². The van der Waals surface area contributed by atoms with Crippen LogP contribution in [0.1, 0.15) is 11.3 Å². The summed E-state index contributed by atoms with van der Waals surface area (Å²) in [5.74, 6) is 0.595. The molecule has 0 unspecified atom stereocenters. The van der Waals surface area contributed by atoms with Crippen LogP contribution in [0.3, 0.4) is 0 Å². The first-order valence-corrected chi connectivity index (χ1v) is 6.58. The molecule has 0 saturated carbocycles. The van der Waals surface area contributed by atoms with E-state index in [2.05, 4.69) is 4.98 Å². The average Bonchev–Trinajstić information content (AvgIpc) is 2.77. The Balaban J connectivity index is 2.08. The van der Waals surface area contributed by atoms with Gasteiger partial charge in [-0.05, 0) is 5.56 Å². The molecule has 100 valence electrons. The van der Waals surface area contributed by atoms with Crippen LogP contribution >= 0.6 is 11.8 Å². The summed E-state index contributed by atoms with van der Waals surface area (Å²) >= 11 is 1.47. The number of hydrogen-bond acceptors (Lipinski definition) is 5. The molecule has 0 aliphatic rings. The standard InChI is InChI=1S/C12H13N3O3S/c1-14-11(7-16)6-13-12(14)19-8-9-3-2-4-10(5-9)15(17)18/h2-6,16H,7-8H2,1H3. The van der Waals surface area contributed by atoms with Gasteiger partial charge in [-0.1, -0.05) is 23.9 Å². The van der Waals surface area contributed by atoms with Crippen LogP contribution < -0.4 is 0 Å². The van der Waals surface area contributed by atoms with E-state index in [9.17, 15) is 10.1 Å². The van der Waals surface area contributed by atoms with Crippen molar-refractivity contribution in [3.63, 3.8) is 0 Å². The summed E-state index contributed by atoms with van der Waals surface area (Å²) in [5, 5.41) is 20.5. The fraction of sp³-hybridized carbons (Fsp3) is 0.250. The number of thioether (sulfide) groups is 1. The Labute approximate surface area is 114 Å². The SMILES string of the molecule is Cn1c(CO)cnc1SCc1cccc([N+](=O)[O-])c1. The first-order chi connectivity index (χ1) is 9.11. The smallest absolute Gasteiger partial charge is 0.269 e. The highest BCUT2D eigenvalue weighted by atomic mass is 32.2. The van der Waals surface area contributed by atoms with Crippen molar-refractivity contribution >= 4 is 17.4 Å². The monoisotopic (exact) mass is 279 g/mol. The molecule has 2 rings (SSSR count). The van der Waals surface area contributed by atoms with Crippen LogP contribution in [-0.4, -0.2) is 19.6 Å². The fourth-order valence-electron chi connectivity index (χ4n) is 1.61. The van der Waals surface area contributed by atoms with E-state index < -0.39 is 4.92 Å². The summed E-state index contributed by atoms with van der Waals surface area (Å²) in [7, 11) is 1.83. The molecule has 0 radical (unpaired) electrons. The van der Waals surface area contributed by atoms with Crippen LogP contribution in [0.4, 0.5) is 5.69 Å². The molecule has 2 aromatic rings. The van der Waals surface area contributed by atoms with Gasteiger partial charge in [0.15, 0.2) is 5.16 Å². The summed E-state index contributed by atoms with van der Waals surface area (Å²) in [5.41, 5.74) is 1.70. The van der Waals surface area contributed by atoms with E-state index in [-0.39, 0.29) is 12.3 Å². The van der Waals surface area contributed by atoms with Crippen molar-refractivity contribution < 1.29 is 10.0 Å². The molecule has 6 nitrogen and oxygen atoms in total. The summed E-state index contributed by atoms with van der Waals surface area (Å²) in [6, 6.07) is 6.54. The van der Waals surface area contributed by atoms with E-state index in [0.29, 0.717) is 5.75 Å². The first-order valence-electron chi connectivity index (χ1n) is 5.59. The Morgan fingerprint density at radius 1 is 1.53 bits per heavy atom. The highest BCUT2D eigenvalue weighted by Crippen LogP contribution is 2.24. The van der Waals surface area contributed by atoms with E-state index in [1.54, 1.807) is 18.3 Å². The molecule has 0 aliphatic heterocycles. The Morgan fingerprint density at radius 2 is 2.32 bits per heavy atom. The minimum atomic E-state index is -0.404. The van der Waals surface area contributed by atoms with Gasteiger partial charge in [0.05, 0.1) is 23.4 Å². The number of nitro benzene ring substituents is 1. The second-order valence-electron chi connectivity index (χ2n) is 3.96. The summed E-state index contributed by atoms with van der Waals surface area (Å²) in [6.07, 6.45) is 1.62. The van der Waals surface area contributed by atoms with Crippen LogP contribution in [0.25, 0.3) is 0 Å². The van der Waals surface area contributed by atoms with Gasteiger partial charge in [-0.3, -0.25) is 10.1 Å². The molecule has 0 bridgehead atoms. The molecule has 0 amide bonds.